The normalized spacial score (nSPS) is 16.9. The molecule has 4 rings (SSSR count). The zero-order valence-electron chi connectivity index (χ0n) is 12.9. The molecule has 3 aromatic rings. The number of aromatic nitrogens is 3. The van der Waals surface area contributed by atoms with E-state index in [-0.39, 0.29) is 11.2 Å². The number of carbonyl (C=O) groups excluding carboxylic acids is 1. The molecular weight excluding hydrogens is 342 g/mol. The van der Waals surface area contributed by atoms with E-state index in [4.69, 9.17) is 11.6 Å². The van der Waals surface area contributed by atoms with Crippen molar-refractivity contribution in [1.29, 1.82) is 0 Å². The van der Waals surface area contributed by atoms with Gasteiger partial charge in [-0.2, -0.15) is 4.68 Å². The molecule has 0 spiro atoms. The summed E-state index contributed by atoms with van der Waals surface area (Å²) in [5.74, 6) is 0.553. The second-order valence-corrected chi connectivity index (χ2v) is 7.36. The molecule has 1 aliphatic heterocycles. The van der Waals surface area contributed by atoms with Crippen molar-refractivity contribution in [3.63, 3.8) is 0 Å². The average Bonchev–Trinajstić information content (AvgIpc) is 3.01. The van der Waals surface area contributed by atoms with E-state index in [2.05, 4.69) is 10.1 Å². The van der Waals surface area contributed by atoms with Gasteiger partial charge in [0.25, 0.3) is 5.91 Å². The lowest BCUT2D eigenvalue weighted by Gasteiger charge is -2.20. The molecule has 0 saturated heterocycles. The third kappa shape index (κ3) is 2.85. The molecule has 0 fully saturated rings. The van der Waals surface area contributed by atoms with E-state index in [9.17, 15) is 4.79 Å². The maximum absolute atomic E-state index is 12.5. The number of halogens is 1. The van der Waals surface area contributed by atoms with Gasteiger partial charge in [0.1, 0.15) is 0 Å². The minimum absolute atomic E-state index is 0.0328. The van der Waals surface area contributed by atoms with Crippen LogP contribution in [-0.4, -0.2) is 20.7 Å². The minimum atomic E-state index is -0.0328. The number of fused-ring (bicyclic) bond motifs is 1. The number of hydrogen-bond donors (Lipinski definition) is 0. The van der Waals surface area contributed by atoms with Gasteiger partial charge in [0.15, 0.2) is 11.0 Å². The second kappa shape index (κ2) is 6.07. The first-order valence-electron chi connectivity index (χ1n) is 7.59. The first-order chi connectivity index (χ1) is 11.6. The van der Waals surface area contributed by atoms with Gasteiger partial charge in [0.2, 0.25) is 0 Å². The van der Waals surface area contributed by atoms with Crippen LogP contribution in [0.25, 0.3) is 11.4 Å². The highest BCUT2D eigenvalue weighted by Gasteiger charge is 2.30. The van der Waals surface area contributed by atoms with Crippen molar-refractivity contribution in [3.05, 3.63) is 64.7 Å². The number of hydrogen-bond acceptors (Lipinski definition) is 4. The van der Waals surface area contributed by atoms with E-state index in [0.717, 1.165) is 11.1 Å². The number of carbonyl (C=O) groups is 1. The first-order valence-corrected chi connectivity index (χ1v) is 8.85. The highest BCUT2D eigenvalue weighted by Crippen LogP contribution is 2.41. The van der Waals surface area contributed by atoms with Crippen LogP contribution in [0.5, 0.6) is 0 Å². The van der Waals surface area contributed by atoms with Crippen molar-refractivity contribution in [1.82, 2.24) is 14.8 Å². The molecule has 1 atom stereocenters. The van der Waals surface area contributed by atoms with Crippen LogP contribution in [-0.2, 0) is 0 Å². The Balaban J connectivity index is 1.66. The molecule has 1 aromatic heterocycles. The summed E-state index contributed by atoms with van der Waals surface area (Å²) in [6.45, 7) is 2.03. The van der Waals surface area contributed by atoms with Crippen molar-refractivity contribution in [3.8, 4) is 11.4 Å². The predicted molar refractivity (Wildman–Crippen MR) is 95.5 cm³/mol. The van der Waals surface area contributed by atoms with Crippen molar-refractivity contribution in [2.45, 2.75) is 23.8 Å². The topological polar surface area (TPSA) is 47.8 Å². The van der Waals surface area contributed by atoms with Crippen LogP contribution in [0.3, 0.4) is 0 Å². The van der Waals surface area contributed by atoms with Gasteiger partial charge in [0.05, 0.1) is 0 Å². The Kier molecular flexibility index (Phi) is 3.90. The summed E-state index contributed by atoms with van der Waals surface area (Å²) in [7, 11) is 0. The summed E-state index contributed by atoms with van der Waals surface area (Å²) in [5, 5.41) is 5.76. The lowest BCUT2D eigenvalue weighted by atomic mass is 10.1. The number of thioether (sulfide) groups is 1. The lowest BCUT2D eigenvalue weighted by Crippen LogP contribution is -2.20. The summed E-state index contributed by atoms with van der Waals surface area (Å²) in [4.78, 5) is 17.0. The number of rotatable bonds is 2. The Hall–Kier alpha value is -2.11. The van der Waals surface area contributed by atoms with Gasteiger partial charge in [-0.3, -0.25) is 4.79 Å². The summed E-state index contributed by atoms with van der Waals surface area (Å²) in [5.41, 5.74) is 3.17. The summed E-state index contributed by atoms with van der Waals surface area (Å²) in [6.07, 6.45) is 0.399. The Morgan fingerprint density at radius 2 is 1.83 bits per heavy atom. The van der Waals surface area contributed by atoms with Crippen LogP contribution in [0.2, 0.25) is 5.02 Å². The van der Waals surface area contributed by atoms with Crippen molar-refractivity contribution < 1.29 is 4.79 Å². The van der Waals surface area contributed by atoms with Gasteiger partial charge in [-0.25, -0.2) is 4.98 Å². The molecule has 2 heterocycles. The third-order valence-corrected chi connectivity index (χ3v) is 5.42. The molecule has 2 aromatic carbocycles. The Morgan fingerprint density at radius 1 is 1.12 bits per heavy atom. The highest BCUT2D eigenvalue weighted by atomic mass is 35.5. The zero-order chi connectivity index (χ0) is 16.7. The van der Waals surface area contributed by atoms with Crippen LogP contribution < -0.4 is 0 Å². The fraction of sp³-hybridized carbons (Fsp3) is 0.167. The predicted octanol–water partition coefficient (Wildman–Crippen LogP) is 4.78. The second-order valence-electron chi connectivity index (χ2n) is 5.75. The Bertz CT molecular complexity index is 903. The van der Waals surface area contributed by atoms with E-state index in [0.29, 0.717) is 22.4 Å². The molecule has 4 nitrogen and oxygen atoms in total. The number of benzene rings is 2. The van der Waals surface area contributed by atoms with Crippen LogP contribution in [0.1, 0.15) is 27.6 Å². The van der Waals surface area contributed by atoms with E-state index < -0.39 is 0 Å². The quantitative estimate of drug-likeness (QED) is 0.663. The van der Waals surface area contributed by atoms with Crippen molar-refractivity contribution in [2.75, 3.05) is 0 Å². The van der Waals surface area contributed by atoms with Crippen molar-refractivity contribution >= 4 is 29.3 Å². The monoisotopic (exact) mass is 355 g/mol. The molecule has 120 valence electrons. The first kappa shape index (κ1) is 15.4. The molecule has 0 saturated carbocycles. The summed E-state index contributed by atoms with van der Waals surface area (Å²) >= 11 is 7.51. The Morgan fingerprint density at radius 3 is 2.54 bits per heavy atom. The maximum Gasteiger partial charge on any atom is 0.250 e. The van der Waals surface area contributed by atoms with Crippen LogP contribution in [0, 0.1) is 6.92 Å². The third-order valence-electron chi connectivity index (χ3n) is 3.97. The average molecular weight is 356 g/mol. The van der Waals surface area contributed by atoms with Gasteiger partial charge in [-0.15, -0.1) is 5.10 Å². The standard InChI is InChI=1S/C18H14ClN3OS/c1-11-2-4-13(5-3-11)17-20-18-22(21-17)16(23)10-15(24-18)12-6-8-14(19)9-7-12/h2-9,15H,10H2,1H3/t15-/m1/s1. The molecule has 6 heteroatoms. The van der Waals surface area contributed by atoms with E-state index in [1.165, 1.54) is 10.2 Å². The molecule has 0 amide bonds. The zero-order valence-corrected chi connectivity index (χ0v) is 14.5. The Labute approximate surface area is 148 Å². The fourth-order valence-electron chi connectivity index (χ4n) is 2.64. The van der Waals surface area contributed by atoms with Crippen LogP contribution in [0.15, 0.2) is 53.7 Å². The maximum atomic E-state index is 12.5. The van der Waals surface area contributed by atoms with Gasteiger partial charge < -0.3 is 0 Å². The molecule has 24 heavy (non-hydrogen) atoms. The fourth-order valence-corrected chi connectivity index (χ4v) is 3.92. The lowest BCUT2D eigenvalue weighted by molar-refractivity contribution is 0.0868. The molecule has 0 N–H and O–H groups in total. The van der Waals surface area contributed by atoms with Crippen molar-refractivity contribution in [2.24, 2.45) is 0 Å². The molecule has 1 aliphatic rings. The SMILES string of the molecule is Cc1ccc(-c2nc3n(n2)C(=O)C[C@H](c2ccc(Cl)cc2)S3)cc1. The summed E-state index contributed by atoms with van der Waals surface area (Å²) in [6, 6.07) is 15.6. The number of aryl methyl sites for hydroxylation is 1. The molecular formula is C18H14ClN3OS. The summed E-state index contributed by atoms with van der Waals surface area (Å²) < 4.78 is 1.42. The van der Waals surface area contributed by atoms with E-state index in [1.54, 1.807) is 11.8 Å². The molecule has 0 bridgehead atoms. The molecule has 0 aliphatic carbocycles. The van der Waals surface area contributed by atoms with Gasteiger partial charge in [-0.1, -0.05) is 65.3 Å². The highest BCUT2D eigenvalue weighted by molar-refractivity contribution is 7.99. The van der Waals surface area contributed by atoms with Crippen LogP contribution >= 0.6 is 23.4 Å². The largest absolute Gasteiger partial charge is 0.272 e. The van der Waals surface area contributed by atoms with Gasteiger partial charge >= 0.3 is 0 Å². The molecule has 0 radical (unpaired) electrons. The van der Waals surface area contributed by atoms with E-state index >= 15 is 0 Å². The minimum Gasteiger partial charge on any atom is -0.272 e. The van der Waals surface area contributed by atoms with Gasteiger partial charge in [-0.05, 0) is 24.6 Å². The number of nitrogens with zero attached hydrogens (tertiary/aromatic N) is 3. The molecule has 0 unspecified atom stereocenters. The van der Waals surface area contributed by atoms with E-state index in [1.807, 2.05) is 55.5 Å². The smallest absolute Gasteiger partial charge is 0.250 e. The van der Waals surface area contributed by atoms with Crippen LogP contribution in [0.4, 0.5) is 0 Å². The van der Waals surface area contributed by atoms with Gasteiger partial charge in [0, 0.05) is 22.3 Å².